The van der Waals surface area contributed by atoms with Crippen LogP contribution in [0.4, 0.5) is 4.79 Å². The molecule has 1 saturated heterocycles. The van der Waals surface area contributed by atoms with E-state index in [2.05, 4.69) is 20.1 Å². The number of halogens is 1. The lowest BCUT2D eigenvalue weighted by Gasteiger charge is -2.37. The number of phenolic OH excluding ortho intramolecular Hbond substituents is 1. The van der Waals surface area contributed by atoms with E-state index in [1.165, 1.54) is 15.5 Å². The average molecular weight is 517 g/mol. The summed E-state index contributed by atoms with van der Waals surface area (Å²) < 4.78 is 12.4. The molecule has 5 rings (SSSR count). The molecular weight excluding hydrogens is 492 g/mol. The Bertz CT molecular complexity index is 1340. The van der Waals surface area contributed by atoms with Crippen LogP contribution >= 0.6 is 11.6 Å². The third kappa shape index (κ3) is 4.86. The molecule has 0 aliphatic carbocycles. The van der Waals surface area contributed by atoms with Crippen LogP contribution in [-0.2, 0) is 13.1 Å². The Balaban J connectivity index is 1.22. The number of likely N-dealkylation sites (tertiary alicyclic amines) is 1. The first-order chi connectivity index (χ1) is 17.4. The Kier molecular flexibility index (Phi) is 6.79. The van der Waals surface area contributed by atoms with Crippen LogP contribution in [0, 0.1) is 0 Å². The zero-order chi connectivity index (χ0) is 25.2. The summed E-state index contributed by atoms with van der Waals surface area (Å²) in [4.78, 5) is 32.3. The average Bonchev–Trinajstić information content (AvgIpc) is 2.89. The monoisotopic (exact) mass is 516 g/mol. The molecule has 2 aliphatic heterocycles. The number of hydrogen-bond donors (Lipinski definition) is 2. The molecule has 0 radical (unpaired) electrons. The molecule has 36 heavy (non-hydrogen) atoms. The number of fused-ring (bicyclic) bond motifs is 2. The predicted octanol–water partition coefficient (Wildman–Crippen LogP) is 1.96. The van der Waals surface area contributed by atoms with Gasteiger partial charge in [0.25, 0.3) is 0 Å². The Morgan fingerprint density at radius 1 is 1.14 bits per heavy atom. The number of pyridine rings is 1. The van der Waals surface area contributed by atoms with Crippen molar-refractivity contribution in [1.29, 1.82) is 0 Å². The Hall–Kier alpha value is -3.64. The minimum Gasteiger partial charge on any atom is -0.504 e. The molecule has 0 saturated carbocycles. The van der Waals surface area contributed by atoms with Crippen LogP contribution in [0.2, 0.25) is 5.02 Å². The van der Waals surface area contributed by atoms with Gasteiger partial charge in [0.1, 0.15) is 24.2 Å². The number of nitrogens with zero attached hydrogens (tertiary/aromatic N) is 6. The van der Waals surface area contributed by atoms with Gasteiger partial charge in [0, 0.05) is 38.3 Å². The van der Waals surface area contributed by atoms with E-state index >= 15 is 0 Å². The lowest BCUT2D eigenvalue weighted by atomic mass is 10.0. The van der Waals surface area contributed by atoms with E-state index in [-0.39, 0.29) is 35.4 Å². The van der Waals surface area contributed by atoms with E-state index in [4.69, 9.17) is 21.1 Å². The molecular formula is C23H25ClN6O6. The summed E-state index contributed by atoms with van der Waals surface area (Å²) in [5.41, 5.74) is 0.652. The highest BCUT2D eigenvalue weighted by Gasteiger charge is 2.29. The van der Waals surface area contributed by atoms with Gasteiger partial charge in [0.2, 0.25) is 0 Å². The van der Waals surface area contributed by atoms with Crippen LogP contribution in [0.15, 0.2) is 29.2 Å². The number of amides is 1. The molecule has 2 aliphatic rings. The van der Waals surface area contributed by atoms with Gasteiger partial charge >= 0.3 is 11.8 Å². The van der Waals surface area contributed by atoms with Crippen molar-refractivity contribution in [2.24, 2.45) is 0 Å². The number of benzene rings is 1. The van der Waals surface area contributed by atoms with E-state index in [9.17, 15) is 19.8 Å². The van der Waals surface area contributed by atoms with Crippen LogP contribution in [0.3, 0.4) is 0 Å². The molecule has 0 unspecified atom stereocenters. The first-order valence-electron chi connectivity index (χ1n) is 11.6. The van der Waals surface area contributed by atoms with Crippen molar-refractivity contribution < 1.29 is 24.5 Å². The molecule has 2 N–H and O–H groups in total. The lowest BCUT2D eigenvalue weighted by molar-refractivity contribution is 0.0848. The van der Waals surface area contributed by atoms with Gasteiger partial charge in [-0.15, -0.1) is 5.10 Å². The molecule has 0 atom stereocenters. The summed E-state index contributed by atoms with van der Waals surface area (Å²) in [7, 11) is 0. The second-order valence-corrected chi connectivity index (χ2v) is 9.11. The largest absolute Gasteiger partial charge is 0.504 e. The first-order valence-corrected chi connectivity index (χ1v) is 12.0. The maximum Gasteiger partial charge on any atom is 0.407 e. The van der Waals surface area contributed by atoms with Crippen LogP contribution in [0.25, 0.3) is 11.0 Å². The van der Waals surface area contributed by atoms with Gasteiger partial charge in [-0.05, 0) is 25.0 Å². The van der Waals surface area contributed by atoms with E-state index < -0.39 is 11.8 Å². The normalized spacial score (nSPS) is 16.2. The SMILES string of the molecule is O=C(O)N(Cc1cc2c(cn1)OCCO2)C1CCN(CCn2c(=O)nnc3ccc(Cl)c(O)c32)CC1. The number of carbonyl (C=O) groups is 1. The molecule has 13 heteroatoms. The topological polar surface area (TPSA) is 143 Å². The van der Waals surface area contributed by atoms with Gasteiger partial charge in [-0.1, -0.05) is 16.7 Å². The smallest absolute Gasteiger partial charge is 0.407 e. The van der Waals surface area contributed by atoms with Crippen molar-refractivity contribution >= 4 is 28.7 Å². The summed E-state index contributed by atoms with van der Waals surface area (Å²) >= 11 is 6.03. The second-order valence-electron chi connectivity index (χ2n) is 8.70. The highest BCUT2D eigenvalue weighted by Crippen LogP contribution is 2.31. The maximum atomic E-state index is 12.4. The van der Waals surface area contributed by atoms with Crippen LogP contribution in [-0.4, -0.2) is 84.7 Å². The molecule has 0 spiro atoms. The number of hydrogen-bond acceptors (Lipinski definition) is 9. The van der Waals surface area contributed by atoms with Crippen molar-refractivity contribution in [3.8, 4) is 17.2 Å². The molecule has 1 fully saturated rings. The molecule has 1 amide bonds. The van der Waals surface area contributed by atoms with Crippen molar-refractivity contribution in [3.05, 3.63) is 45.6 Å². The van der Waals surface area contributed by atoms with Gasteiger partial charge in [-0.3, -0.25) is 14.5 Å². The number of aromatic nitrogens is 4. The first kappa shape index (κ1) is 24.1. The van der Waals surface area contributed by atoms with Gasteiger partial charge < -0.3 is 24.6 Å². The molecule has 1 aromatic carbocycles. The maximum absolute atomic E-state index is 12.4. The van der Waals surface area contributed by atoms with E-state index in [1.807, 2.05) is 0 Å². The highest BCUT2D eigenvalue weighted by molar-refractivity contribution is 6.33. The Morgan fingerprint density at radius 3 is 2.64 bits per heavy atom. The van der Waals surface area contributed by atoms with Crippen LogP contribution in [0.1, 0.15) is 18.5 Å². The summed E-state index contributed by atoms with van der Waals surface area (Å²) in [6, 6.07) is 4.67. The fourth-order valence-electron chi connectivity index (χ4n) is 4.64. The summed E-state index contributed by atoms with van der Waals surface area (Å²) in [6.45, 7) is 3.18. The number of carboxylic acid groups (broad SMARTS) is 1. The van der Waals surface area contributed by atoms with Gasteiger partial charge in [-0.25, -0.2) is 9.59 Å². The van der Waals surface area contributed by atoms with Crippen molar-refractivity contribution in [1.82, 2.24) is 29.5 Å². The third-order valence-corrected chi connectivity index (χ3v) is 6.83. The van der Waals surface area contributed by atoms with Gasteiger partial charge in [0.05, 0.1) is 23.5 Å². The molecule has 3 aromatic rings. The van der Waals surface area contributed by atoms with E-state index in [1.54, 1.807) is 18.3 Å². The number of aromatic hydroxyl groups is 1. The lowest BCUT2D eigenvalue weighted by Crippen LogP contribution is -2.47. The van der Waals surface area contributed by atoms with Crippen molar-refractivity contribution in [3.63, 3.8) is 0 Å². The van der Waals surface area contributed by atoms with Gasteiger partial charge in [0.15, 0.2) is 17.2 Å². The molecule has 2 aromatic heterocycles. The zero-order valence-electron chi connectivity index (χ0n) is 19.3. The summed E-state index contributed by atoms with van der Waals surface area (Å²) in [5.74, 6) is 0.934. The Labute approximate surface area is 210 Å². The quantitative estimate of drug-likeness (QED) is 0.499. The number of ether oxygens (including phenoxy) is 2. The minimum atomic E-state index is -1.00. The zero-order valence-corrected chi connectivity index (χ0v) is 20.1. The molecule has 0 bridgehead atoms. The molecule has 4 heterocycles. The number of rotatable bonds is 6. The Morgan fingerprint density at radius 2 is 1.89 bits per heavy atom. The van der Waals surface area contributed by atoms with Crippen molar-refractivity contribution in [2.75, 3.05) is 32.8 Å². The number of phenols is 1. The van der Waals surface area contributed by atoms with Crippen molar-refractivity contribution in [2.45, 2.75) is 32.0 Å². The standard InChI is InChI=1S/C23H25ClN6O6/c24-16-1-2-17-20(21(16)31)29(22(32)27-26-17)8-7-28-5-3-15(4-6-28)30(23(33)34)13-14-11-18-19(12-25-14)36-10-9-35-18/h1-2,11-12,15,31H,3-10,13H2,(H,33,34). The van der Waals surface area contributed by atoms with Crippen LogP contribution < -0.4 is 15.2 Å². The fourth-order valence-corrected chi connectivity index (χ4v) is 4.80. The predicted molar refractivity (Wildman–Crippen MR) is 129 cm³/mol. The van der Waals surface area contributed by atoms with Crippen LogP contribution in [0.5, 0.6) is 17.2 Å². The minimum absolute atomic E-state index is 0.130. The van der Waals surface area contributed by atoms with Gasteiger partial charge in [-0.2, -0.15) is 0 Å². The highest BCUT2D eigenvalue weighted by atomic mass is 35.5. The summed E-state index contributed by atoms with van der Waals surface area (Å²) in [5, 5.41) is 27.9. The third-order valence-electron chi connectivity index (χ3n) is 6.53. The summed E-state index contributed by atoms with van der Waals surface area (Å²) in [6.07, 6.45) is 1.84. The number of piperidine rings is 1. The molecule has 190 valence electrons. The van der Waals surface area contributed by atoms with E-state index in [0.29, 0.717) is 68.4 Å². The second kappa shape index (κ2) is 10.2. The fraction of sp³-hybridized carbons (Fsp3) is 0.435. The van der Waals surface area contributed by atoms with E-state index in [0.717, 1.165) is 0 Å². The molecule has 12 nitrogen and oxygen atoms in total.